The van der Waals surface area contributed by atoms with Gasteiger partial charge in [0.05, 0.1) is 0 Å². The van der Waals surface area contributed by atoms with Gasteiger partial charge in [0.2, 0.25) is 0 Å². The maximum atomic E-state index is 3.48. The molecule has 0 spiro atoms. The van der Waals surface area contributed by atoms with Crippen molar-refractivity contribution in [2.45, 2.75) is 25.7 Å². The molecule has 1 aromatic carbocycles. The highest BCUT2D eigenvalue weighted by molar-refractivity contribution is 9.09. The summed E-state index contributed by atoms with van der Waals surface area (Å²) in [6.07, 6.45) is 9.87. The average Bonchev–Trinajstić information content (AvgIpc) is 2.29. The Kier molecular flexibility index (Phi) is 4.01. The van der Waals surface area contributed by atoms with E-state index in [-0.39, 0.29) is 0 Å². The highest BCUT2D eigenvalue weighted by atomic mass is 79.9. The standard InChI is InChI=1S/C14H17Br/c15-10-4-3-5-12-8-9-13-6-1-2-7-14(13)11-12/h1-2,6-9,12H,3-5,10-11H2. The Labute approximate surface area is 101 Å². The van der Waals surface area contributed by atoms with E-state index < -0.39 is 0 Å². The molecule has 1 heteroatoms. The number of rotatable bonds is 4. The topological polar surface area (TPSA) is 0 Å². The molecule has 1 aliphatic carbocycles. The van der Waals surface area contributed by atoms with E-state index in [1.54, 1.807) is 0 Å². The van der Waals surface area contributed by atoms with Gasteiger partial charge in [0, 0.05) is 5.33 Å². The third kappa shape index (κ3) is 2.94. The molecule has 0 nitrogen and oxygen atoms in total. The highest BCUT2D eigenvalue weighted by Crippen LogP contribution is 2.25. The van der Waals surface area contributed by atoms with Crippen molar-refractivity contribution in [2.75, 3.05) is 5.33 Å². The Morgan fingerprint density at radius 3 is 2.93 bits per heavy atom. The van der Waals surface area contributed by atoms with Crippen LogP contribution in [0.2, 0.25) is 0 Å². The summed E-state index contributed by atoms with van der Waals surface area (Å²) in [5.74, 6) is 0.763. The molecule has 0 bridgehead atoms. The average molecular weight is 265 g/mol. The fourth-order valence-corrected chi connectivity index (χ4v) is 2.57. The van der Waals surface area contributed by atoms with Crippen molar-refractivity contribution in [3.8, 4) is 0 Å². The quantitative estimate of drug-likeness (QED) is 0.557. The molecule has 0 N–H and O–H groups in total. The van der Waals surface area contributed by atoms with Gasteiger partial charge in [-0.25, -0.2) is 0 Å². The number of fused-ring (bicyclic) bond motifs is 1. The first kappa shape index (κ1) is 10.9. The summed E-state index contributed by atoms with van der Waals surface area (Å²) < 4.78 is 0. The van der Waals surface area contributed by atoms with Crippen molar-refractivity contribution in [1.82, 2.24) is 0 Å². The maximum Gasteiger partial charge on any atom is 0.00313 e. The Morgan fingerprint density at radius 2 is 2.07 bits per heavy atom. The van der Waals surface area contributed by atoms with Crippen molar-refractivity contribution >= 4 is 22.0 Å². The Hall–Kier alpha value is -0.560. The van der Waals surface area contributed by atoms with Crippen LogP contribution < -0.4 is 0 Å². The lowest BCUT2D eigenvalue weighted by Gasteiger charge is -2.18. The summed E-state index contributed by atoms with van der Waals surface area (Å²) in [6, 6.07) is 8.73. The first-order valence-corrected chi connectivity index (χ1v) is 6.84. The second kappa shape index (κ2) is 5.50. The molecular weight excluding hydrogens is 248 g/mol. The van der Waals surface area contributed by atoms with Crippen molar-refractivity contribution < 1.29 is 0 Å². The summed E-state index contributed by atoms with van der Waals surface area (Å²) in [6.45, 7) is 0. The van der Waals surface area contributed by atoms with E-state index >= 15 is 0 Å². The Balaban J connectivity index is 1.94. The maximum absolute atomic E-state index is 3.48. The van der Waals surface area contributed by atoms with Gasteiger partial charge in [-0.3, -0.25) is 0 Å². The minimum Gasteiger partial charge on any atom is -0.0928 e. The number of alkyl halides is 1. The van der Waals surface area contributed by atoms with Gasteiger partial charge in [0.15, 0.2) is 0 Å². The fourth-order valence-electron chi connectivity index (χ4n) is 2.17. The predicted octanol–water partition coefficient (Wildman–Crippen LogP) is 4.44. The molecule has 0 heterocycles. The van der Waals surface area contributed by atoms with Gasteiger partial charge >= 0.3 is 0 Å². The molecule has 0 saturated carbocycles. The van der Waals surface area contributed by atoms with Gasteiger partial charge in [0.1, 0.15) is 0 Å². The Bertz CT molecular complexity index is 341. The zero-order valence-electron chi connectivity index (χ0n) is 8.95. The third-order valence-corrected chi connectivity index (χ3v) is 3.60. The van der Waals surface area contributed by atoms with E-state index in [4.69, 9.17) is 0 Å². The molecule has 1 aromatic rings. The number of hydrogen-bond donors (Lipinski definition) is 0. The fraction of sp³-hybridized carbons (Fsp3) is 0.429. The van der Waals surface area contributed by atoms with Gasteiger partial charge in [-0.1, -0.05) is 58.8 Å². The van der Waals surface area contributed by atoms with Crippen LogP contribution in [0.15, 0.2) is 30.3 Å². The van der Waals surface area contributed by atoms with Crippen molar-refractivity contribution in [2.24, 2.45) is 5.92 Å². The predicted molar refractivity (Wildman–Crippen MR) is 70.3 cm³/mol. The van der Waals surface area contributed by atoms with Crippen molar-refractivity contribution in [1.29, 1.82) is 0 Å². The summed E-state index contributed by atoms with van der Waals surface area (Å²) in [5, 5.41) is 1.14. The van der Waals surface area contributed by atoms with Crippen LogP contribution in [0.5, 0.6) is 0 Å². The van der Waals surface area contributed by atoms with Crippen molar-refractivity contribution in [3.63, 3.8) is 0 Å². The smallest absolute Gasteiger partial charge is 0.00313 e. The largest absolute Gasteiger partial charge is 0.0928 e. The molecule has 0 radical (unpaired) electrons. The van der Waals surface area contributed by atoms with Crippen LogP contribution in [0.1, 0.15) is 30.4 Å². The molecule has 0 saturated heterocycles. The van der Waals surface area contributed by atoms with E-state index in [2.05, 4.69) is 52.3 Å². The monoisotopic (exact) mass is 264 g/mol. The van der Waals surface area contributed by atoms with E-state index in [9.17, 15) is 0 Å². The molecule has 2 rings (SSSR count). The molecule has 1 aliphatic rings. The van der Waals surface area contributed by atoms with Gasteiger partial charge in [-0.05, 0) is 36.3 Å². The third-order valence-electron chi connectivity index (χ3n) is 3.04. The molecule has 1 unspecified atom stereocenters. The number of unbranched alkanes of at least 4 members (excludes halogenated alkanes) is 1. The zero-order chi connectivity index (χ0) is 10.5. The van der Waals surface area contributed by atoms with Crippen LogP contribution in [0.4, 0.5) is 0 Å². The highest BCUT2D eigenvalue weighted by Gasteiger charge is 2.12. The number of allylic oxidation sites excluding steroid dienone is 1. The van der Waals surface area contributed by atoms with Gasteiger partial charge < -0.3 is 0 Å². The van der Waals surface area contributed by atoms with Gasteiger partial charge in [-0.2, -0.15) is 0 Å². The first-order chi connectivity index (χ1) is 7.40. The van der Waals surface area contributed by atoms with Crippen LogP contribution in [0, 0.1) is 5.92 Å². The number of benzene rings is 1. The molecule has 0 aliphatic heterocycles. The SMILES string of the molecule is BrCCCCC1C=Cc2ccccc2C1. The van der Waals surface area contributed by atoms with Crippen LogP contribution in [-0.2, 0) is 6.42 Å². The van der Waals surface area contributed by atoms with Gasteiger partial charge in [0.25, 0.3) is 0 Å². The molecule has 0 fully saturated rings. The zero-order valence-corrected chi connectivity index (χ0v) is 10.5. The number of halogens is 1. The molecule has 80 valence electrons. The van der Waals surface area contributed by atoms with Gasteiger partial charge in [-0.15, -0.1) is 0 Å². The van der Waals surface area contributed by atoms with E-state index in [0.29, 0.717) is 0 Å². The molecule has 1 atom stereocenters. The number of hydrogen-bond acceptors (Lipinski definition) is 0. The lowest BCUT2D eigenvalue weighted by molar-refractivity contribution is 0.552. The lowest BCUT2D eigenvalue weighted by atomic mass is 9.87. The second-order valence-electron chi connectivity index (χ2n) is 4.21. The van der Waals surface area contributed by atoms with Crippen LogP contribution in [0.3, 0.4) is 0 Å². The molecular formula is C14H17Br. The summed E-state index contributed by atoms with van der Waals surface area (Å²) in [4.78, 5) is 0. The van der Waals surface area contributed by atoms with Crippen molar-refractivity contribution in [3.05, 3.63) is 41.5 Å². The minimum atomic E-state index is 0.763. The lowest BCUT2D eigenvalue weighted by Crippen LogP contribution is -2.06. The van der Waals surface area contributed by atoms with Crippen LogP contribution in [-0.4, -0.2) is 5.33 Å². The summed E-state index contributed by atoms with van der Waals surface area (Å²) in [5.41, 5.74) is 2.93. The Morgan fingerprint density at radius 1 is 1.20 bits per heavy atom. The molecule has 0 amide bonds. The second-order valence-corrected chi connectivity index (χ2v) is 5.00. The van der Waals surface area contributed by atoms with Crippen LogP contribution >= 0.6 is 15.9 Å². The first-order valence-electron chi connectivity index (χ1n) is 5.72. The minimum absolute atomic E-state index is 0.763. The molecule has 15 heavy (non-hydrogen) atoms. The van der Waals surface area contributed by atoms with Crippen LogP contribution in [0.25, 0.3) is 6.08 Å². The summed E-state index contributed by atoms with van der Waals surface area (Å²) in [7, 11) is 0. The summed E-state index contributed by atoms with van der Waals surface area (Å²) >= 11 is 3.48. The van der Waals surface area contributed by atoms with E-state index in [0.717, 1.165) is 11.2 Å². The van der Waals surface area contributed by atoms with E-state index in [1.165, 1.54) is 36.8 Å². The normalized spacial score (nSPS) is 18.9. The molecule has 0 aromatic heterocycles. The van der Waals surface area contributed by atoms with E-state index in [1.807, 2.05) is 0 Å².